The minimum Gasteiger partial charge on any atom is -0.363 e. The number of nitrogens with one attached hydrogen (secondary N) is 1. The van der Waals surface area contributed by atoms with E-state index in [-0.39, 0.29) is 0 Å². The largest absolute Gasteiger partial charge is 0.363 e. The molecule has 0 saturated heterocycles. The van der Waals surface area contributed by atoms with Gasteiger partial charge in [-0.2, -0.15) is 0 Å². The summed E-state index contributed by atoms with van der Waals surface area (Å²) in [5, 5.41) is 4.08. The number of hydrogen-bond donors (Lipinski definition) is 1. The third-order valence-electron chi connectivity index (χ3n) is 2.46. The molecule has 2 nitrogen and oxygen atoms in total. The van der Waals surface area contributed by atoms with Crippen LogP contribution in [0.25, 0.3) is 0 Å². The first kappa shape index (κ1) is 14.5. The molecule has 0 amide bonds. The SMILES string of the molecule is CCCCNC(=S)N(C)Cc1cccc(Br)c1. The van der Waals surface area contributed by atoms with Gasteiger partial charge in [-0.1, -0.05) is 41.4 Å². The molecule has 0 unspecified atom stereocenters. The fourth-order valence-electron chi connectivity index (χ4n) is 1.49. The predicted octanol–water partition coefficient (Wildman–Crippen LogP) is 3.56. The Balaban J connectivity index is 2.43. The van der Waals surface area contributed by atoms with Crippen molar-refractivity contribution in [2.45, 2.75) is 26.3 Å². The number of halogens is 1. The summed E-state index contributed by atoms with van der Waals surface area (Å²) in [4.78, 5) is 2.06. The van der Waals surface area contributed by atoms with E-state index in [4.69, 9.17) is 12.2 Å². The minimum atomic E-state index is 0.818. The summed E-state index contributed by atoms with van der Waals surface area (Å²) in [6, 6.07) is 8.29. The molecular weight excluding hydrogens is 296 g/mol. The van der Waals surface area contributed by atoms with Gasteiger partial charge < -0.3 is 10.2 Å². The van der Waals surface area contributed by atoms with Crippen LogP contribution in [0.4, 0.5) is 0 Å². The van der Waals surface area contributed by atoms with Crippen molar-refractivity contribution in [3.63, 3.8) is 0 Å². The highest BCUT2D eigenvalue weighted by molar-refractivity contribution is 9.10. The van der Waals surface area contributed by atoms with Crippen molar-refractivity contribution in [1.82, 2.24) is 10.2 Å². The average molecular weight is 315 g/mol. The zero-order valence-electron chi connectivity index (χ0n) is 10.4. The number of thiocarbonyl (C=S) groups is 1. The Hall–Kier alpha value is -0.610. The Bertz CT molecular complexity index is 368. The summed E-state index contributed by atoms with van der Waals surface area (Å²) in [6.07, 6.45) is 2.34. The number of unbranched alkanes of at least 4 members (excludes halogenated alkanes) is 1. The molecule has 1 N–H and O–H groups in total. The zero-order chi connectivity index (χ0) is 12.7. The molecular formula is C13H19BrN2S. The van der Waals surface area contributed by atoms with Crippen molar-refractivity contribution >= 4 is 33.3 Å². The van der Waals surface area contributed by atoms with Crippen LogP contribution >= 0.6 is 28.1 Å². The average Bonchev–Trinajstić information content (AvgIpc) is 2.29. The van der Waals surface area contributed by atoms with Gasteiger partial charge in [0, 0.05) is 24.6 Å². The predicted molar refractivity (Wildman–Crippen MR) is 81.1 cm³/mol. The van der Waals surface area contributed by atoms with Gasteiger partial charge >= 0.3 is 0 Å². The summed E-state index contributed by atoms with van der Waals surface area (Å²) in [6.45, 7) is 3.96. The second-order valence-corrected chi connectivity index (χ2v) is 5.37. The summed E-state index contributed by atoms with van der Waals surface area (Å²) in [7, 11) is 2.02. The lowest BCUT2D eigenvalue weighted by Gasteiger charge is -2.21. The van der Waals surface area contributed by atoms with E-state index in [2.05, 4.69) is 45.2 Å². The lowest BCUT2D eigenvalue weighted by atomic mass is 10.2. The molecule has 4 heteroatoms. The van der Waals surface area contributed by atoms with Crippen LogP contribution in [-0.2, 0) is 6.54 Å². The maximum atomic E-state index is 5.33. The van der Waals surface area contributed by atoms with Crippen LogP contribution in [0.3, 0.4) is 0 Å². The van der Waals surface area contributed by atoms with E-state index >= 15 is 0 Å². The fraction of sp³-hybridized carbons (Fsp3) is 0.462. The molecule has 17 heavy (non-hydrogen) atoms. The van der Waals surface area contributed by atoms with Gasteiger partial charge in [0.25, 0.3) is 0 Å². The lowest BCUT2D eigenvalue weighted by Crippen LogP contribution is -2.36. The molecule has 0 bridgehead atoms. The van der Waals surface area contributed by atoms with Gasteiger partial charge in [-0.3, -0.25) is 0 Å². The maximum Gasteiger partial charge on any atom is 0.168 e. The molecule has 0 fully saturated rings. The van der Waals surface area contributed by atoms with Crippen molar-refractivity contribution in [2.75, 3.05) is 13.6 Å². The quantitative estimate of drug-likeness (QED) is 0.661. The second kappa shape index (κ2) is 7.67. The van der Waals surface area contributed by atoms with Gasteiger partial charge in [-0.15, -0.1) is 0 Å². The third-order valence-corrected chi connectivity index (χ3v) is 3.41. The third kappa shape index (κ3) is 5.50. The Kier molecular flexibility index (Phi) is 6.52. The van der Waals surface area contributed by atoms with Gasteiger partial charge in [0.15, 0.2) is 5.11 Å². The van der Waals surface area contributed by atoms with Crippen LogP contribution < -0.4 is 5.32 Å². The van der Waals surface area contributed by atoms with E-state index in [0.29, 0.717) is 0 Å². The van der Waals surface area contributed by atoms with E-state index in [1.807, 2.05) is 19.2 Å². The van der Waals surface area contributed by atoms with Crippen LogP contribution in [0.15, 0.2) is 28.7 Å². The highest BCUT2D eigenvalue weighted by atomic mass is 79.9. The number of nitrogens with zero attached hydrogens (tertiary/aromatic N) is 1. The van der Waals surface area contributed by atoms with Crippen LogP contribution in [0.1, 0.15) is 25.3 Å². The van der Waals surface area contributed by atoms with Crippen LogP contribution in [0.2, 0.25) is 0 Å². The first-order valence-corrected chi connectivity index (χ1v) is 7.07. The van der Waals surface area contributed by atoms with E-state index in [1.54, 1.807) is 0 Å². The standard InChI is InChI=1S/C13H19BrN2S/c1-3-4-8-15-13(17)16(2)10-11-6-5-7-12(14)9-11/h5-7,9H,3-4,8,10H2,1-2H3,(H,15,17). The fourth-order valence-corrected chi connectivity index (χ4v) is 2.10. The maximum absolute atomic E-state index is 5.33. The van der Waals surface area contributed by atoms with Crippen molar-refractivity contribution in [2.24, 2.45) is 0 Å². The molecule has 0 atom stereocenters. The Morgan fingerprint density at radius 3 is 2.88 bits per heavy atom. The van der Waals surface area contributed by atoms with Gasteiger partial charge in [0.1, 0.15) is 0 Å². The van der Waals surface area contributed by atoms with Crippen molar-refractivity contribution in [3.8, 4) is 0 Å². The van der Waals surface area contributed by atoms with Gasteiger partial charge in [-0.05, 0) is 36.3 Å². The first-order valence-electron chi connectivity index (χ1n) is 5.87. The van der Waals surface area contributed by atoms with Crippen molar-refractivity contribution < 1.29 is 0 Å². The summed E-state index contributed by atoms with van der Waals surface area (Å²) in [5.41, 5.74) is 1.25. The molecule has 0 aliphatic carbocycles. The van der Waals surface area contributed by atoms with E-state index in [9.17, 15) is 0 Å². The summed E-state index contributed by atoms with van der Waals surface area (Å²) < 4.78 is 1.10. The zero-order valence-corrected chi connectivity index (χ0v) is 12.8. The van der Waals surface area contributed by atoms with Crippen LogP contribution in [0, 0.1) is 0 Å². The number of rotatable bonds is 5. The van der Waals surface area contributed by atoms with Crippen molar-refractivity contribution in [1.29, 1.82) is 0 Å². The molecule has 0 aromatic heterocycles. The molecule has 0 radical (unpaired) electrons. The molecule has 0 spiro atoms. The van der Waals surface area contributed by atoms with E-state index in [0.717, 1.165) is 29.1 Å². The first-order chi connectivity index (χ1) is 8.13. The second-order valence-electron chi connectivity index (χ2n) is 4.07. The molecule has 1 rings (SSSR count). The summed E-state index contributed by atoms with van der Waals surface area (Å²) in [5.74, 6) is 0. The van der Waals surface area contributed by atoms with Gasteiger partial charge in [0.05, 0.1) is 0 Å². The Morgan fingerprint density at radius 2 is 2.24 bits per heavy atom. The lowest BCUT2D eigenvalue weighted by molar-refractivity contribution is 0.487. The monoisotopic (exact) mass is 314 g/mol. The minimum absolute atomic E-state index is 0.818. The Labute approximate surface area is 118 Å². The van der Waals surface area contributed by atoms with E-state index in [1.165, 1.54) is 12.0 Å². The van der Waals surface area contributed by atoms with Gasteiger partial charge in [-0.25, -0.2) is 0 Å². The van der Waals surface area contributed by atoms with Gasteiger partial charge in [0.2, 0.25) is 0 Å². The van der Waals surface area contributed by atoms with Crippen molar-refractivity contribution in [3.05, 3.63) is 34.3 Å². The molecule has 0 aliphatic rings. The highest BCUT2D eigenvalue weighted by Gasteiger charge is 2.04. The summed E-state index contributed by atoms with van der Waals surface area (Å²) >= 11 is 8.80. The molecule has 0 saturated carbocycles. The topological polar surface area (TPSA) is 15.3 Å². The normalized spacial score (nSPS) is 10.1. The molecule has 1 aromatic rings. The number of benzene rings is 1. The molecule has 1 aromatic carbocycles. The highest BCUT2D eigenvalue weighted by Crippen LogP contribution is 2.12. The van der Waals surface area contributed by atoms with E-state index < -0.39 is 0 Å². The molecule has 0 aliphatic heterocycles. The van der Waals surface area contributed by atoms with Crippen LogP contribution in [0.5, 0.6) is 0 Å². The molecule has 94 valence electrons. The molecule has 0 heterocycles. The Morgan fingerprint density at radius 1 is 1.47 bits per heavy atom. The number of hydrogen-bond acceptors (Lipinski definition) is 1. The smallest absolute Gasteiger partial charge is 0.168 e. The van der Waals surface area contributed by atoms with Crippen LogP contribution in [-0.4, -0.2) is 23.6 Å².